The van der Waals surface area contributed by atoms with Gasteiger partial charge >= 0.3 is 5.69 Å². The van der Waals surface area contributed by atoms with E-state index >= 15 is 0 Å². The van der Waals surface area contributed by atoms with Gasteiger partial charge in [0.05, 0.1) is 18.3 Å². The number of aryl methyl sites for hydroxylation is 1. The highest BCUT2D eigenvalue weighted by molar-refractivity contribution is 5.93. The van der Waals surface area contributed by atoms with Gasteiger partial charge in [-0.05, 0) is 13.8 Å². The second kappa shape index (κ2) is 5.28. The van der Waals surface area contributed by atoms with Crippen molar-refractivity contribution in [2.75, 3.05) is 0 Å². The maximum absolute atomic E-state index is 12.0. The fraction of sp³-hybridized carbons (Fsp3) is 0.385. The third-order valence-corrected chi connectivity index (χ3v) is 3.10. The van der Waals surface area contributed by atoms with Crippen LogP contribution in [0, 0.1) is 0 Å². The summed E-state index contributed by atoms with van der Waals surface area (Å²) in [5.41, 5.74) is -0.177. The van der Waals surface area contributed by atoms with Crippen molar-refractivity contribution >= 4 is 5.78 Å². The van der Waals surface area contributed by atoms with Crippen molar-refractivity contribution in [3.8, 4) is 0 Å². The maximum atomic E-state index is 12.0. The van der Waals surface area contributed by atoms with E-state index in [1.54, 1.807) is 10.9 Å². The number of hydrogen-bond acceptors (Lipinski definition) is 4. The zero-order chi connectivity index (χ0) is 14.9. The molecule has 7 heteroatoms. The summed E-state index contributed by atoms with van der Waals surface area (Å²) in [6, 6.07) is 0. The third kappa shape index (κ3) is 2.47. The summed E-state index contributed by atoms with van der Waals surface area (Å²) >= 11 is 0. The predicted octanol–water partition coefficient (Wildman–Crippen LogP) is 0.0143. The fourth-order valence-corrected chi connectivity index (χ4v) is 1.94. The topological polar surface area (TPSA) is 78.9 Å². The molecule has 0 aromatic carbocycles. The molecule has 0 atom stereocenters. The Kier molecular flexibility index (Phi) is 3.69. The molecule has 0 unspecified atom stereocenters. The van der Waals surface area contributed by atoms with Crippen LogP contribution in [0.4, 0.5) is 0 Å². The van der Waals surface area contributed by atoms with Gasteiger partial charge in [-0.1, -0.05) is 0 Å². The minimum absolute atomic E-state index is 0.00924. The summed E-state index contributed by atoms with van der Waals surface area (Å²) < 4.78 is 4.03. The number of ketones is 1. The van der Waals surface area contributed by atoms with Crippen molar-refractivity contribution in [3.63, 3.8) is 0 Å². The highest BCUT2D eigenvalue weighted by Crippen LogP contribution is 2.01. The first-order valence-electron chi connectivity index (χ1n) is 6.26. The van der Waals surface area contributed by atoms with E-state index in [1.807, 2.05) is 13.1 Å². The Labute approximate surface area is 115 Å². The lowest BCUT2D eigenvalue weighted by Gasteiger charge is -2.08. The monoisotopic (exact) mass is 276 g/mol. The van der Waals surface area contributed by atoms with Crippen LogP contribution in [-0.2, 0) is 20.1 Å². The van der Waals surface area contributed by atoms with Crippen LogP contribution in [0.25, 0.3) is 0 Å². The Bertz CT molecular complexity index is 767. The molecular formula is C13H16N4O3. The van der Waals surface area contributed by atoms with E-state index in [1.165, 1.54) is 24.7 Å². The molecule has 20 heavy (non-hydrogen) atoms. The molecule has 0 aliphatic rings. The molecule has 0 saturated heterocycles. The zero-order valence-electron chi connectivity index (χ0n) is 11.7. The SMILES string of the molecule is CCn1cc(Cn2cc(C(C)=O)c(=O)n(C)c2=O)cn1. The average molecular weight is 276 g/mol. The molecule has 106 valence electrons. The number of carbonyl (C=O) groups is 1. The van der Waals surface area contributed by atoms with E-state index in [9.17, 15) is 14.4 Å². The molecule has 2 rings (SSSR count). The van der Waals surface area contributed by atoms with E-state index < -0.39 is 11.2 Å². The molecule has 7 nitrogen and oxygen atoms in total. The molecule has 0 saturated carbocycles. The first-order chi connectivity index (χ1) is 9.43. The lowest BCUT2D eigenvalue weighted by molar-refractivity contribution is 0.101. The fourth-order valence-electron chi connectivity index (χ4n) is 1.94. The first-order valence-corrected chi connectivity index (χ1v) is 6.26. The van der Waals surface area contributed by atoms with E-state index in [0.717, 1.165) is 16.7 Å². The van der Waals surface area contributed by atoms with Gasteiger partial charge in [0.1, 0.15) is 0 Å². The van der Waals surface area contributed by atoms with Crippen LogP contribution in [-0.4, -0.2) is 24.7 Å². The Morgan fingerprint density at radius 2 is 2.00 bits per heavy atom. The smallest absolute Gasteiger partial charge is 0.295 e. The van der Waals surface area contributed by atoms with Gasteiger partial charge in [-0.25, -0.2) is 4.79 Å². The van der Waals surface area contributed by atoms with Gasteiger partial charge in [0.25, 0.3) is 5.56 Å². The number of nitrogens with zero attached hydrogens (tertiary/aromatic N) is 4. The van der Waals surface area contributed by atoms with Crippen molar-refractivity contribution in [3.05, 3.63) is 50.6 Å². The van der Waals surface area contributed by atoms with Gasteiger partial charge in [0.15, 0.2) is 5.78 Å². The number of Topliss-reactive ketones (excluding diaryl/α,β-unsaturated/α-hetero) is 1. The van der Waals surface area contributed by atoms with Crippen molar-refractivity contribution in [2.45, 2.75) is 26.9 Å². The molecule has 2 aromatic rings. The largest absolute Gasteiger partial charge is 0.331 e. The highest BCUT2D eigenvalue weighted by atomic mass is 16.2. The van der Waals surface area contributed by atoms with E-state index in [4.69, 9.17) is 0 Å². The van der Waals surface area contributed by atoms with Crippen LogP contribution in [0.3, 0.4) is 0 Å². The second-order valence-corrected chi connectivity index (χ2v) is 4.58. The van der Waals surface area contributed by atoms with Gasteiger partial charge in [-0.15, -0.1) is 0 Å². The Hall–Kier alpha value is -2.44. The van der Waals surface area contributed by atoms with Crippen LogP contribution in [0.2, 0.25) is 0 Å². The molecule has 2 heterocycles. The van der Waals surface area contributed by atoms with Gasteiger partial charge in [-0.2, -0.15) is 5.10 Å². The van der Waals surface area contributed by atoms with Gasteiger partial charge < -0.3 is 0 Å². The van der Waals surface area contributed by atoms with Crippen molar-refractivity contribution < 1.29 is 4.79 Å². The summed E-state index contributed by atoms with van der Waals surface area (Å²) in [6.07, 6.45) is 4.80. The lowest BCUT2D eigenvalue weighted by Crippen LogP contribution is -2.40. The van der Waals surface area contributed by atoms with Crippen LogP contribution in [0.1, 0.15) is 29.8 Å². The number of aromatic nitrogens is 4. The minimum atomic E-state index is -0.567. The van der Waals surface area contributed by atoms with Gasteiger partial charge in [-0.3, -0.25) is 23.4 Å². The number of rotatable bonds is 4. The van der Waals surface area contributed by atoms with Crippen LogP contribution in [0.5, 0.6) is 0 Å². The van der Waals surface area contributed by atoms with E-state index in [0.29, 0.717) is 0 Å². The molecule has 0 bridgehead atoms. The summed E-state index contributed by atoms with van der Waals surface area (Å²) in [7, 11) is 1.36. The molecule has 0 N–H and O–H groups in total. The molecule has 0 aliphatic carbocycles. The van der Waals surface area contributed by atoms with Crippen molar-refractivity contribution in [1.82, 2.24) is 18.9 Å². The Morgan fingerprint density at radius 1 is 1.30 bits per heavy atom. The van der Waals surface area contributed by atoms with Gasteiger partial charge in [0, 0.05) is 31.5 Å². The summed E-state index contributed by atoms with van der Waals surface area (Å²) in [6.45, 7) is 4.28. The molecule has 0 spiro atoms. The molecular weight excluding hydrogens is 260 g/mol. The normalized spacial score (nSPS) is 10.8. The average Bonchev–Trinajstić information content (AvgIpc) is 2.86. The van der Waals surface area contributed by atoms with Crippen LogP contribution < -0.4 is 11.2 Å². The van der Waals surface area contributed by atoms with Crippen molar-refractivity contribution in [1.29, 1.82) is 0 Å². The van der Waals surface area contributed by atoms with Crippen LogP contribution >= 0.6 is 0 Å². The summed E-state index contributed by atoms with van der Waals surface area (Å²) in [5, 5.41) is 4.12. The standard InChI is InChI=1S/C13H16N4O3/c1-4-17-7-10(5-14-17)6-16-8-11(9(2)18)12(19)15(3)13(16)20/h5,7-8H,4,6H2,1-3H3. The zero-order valence-corrected chi connectivity index (χ0v) is 11.7. The van der Waals surface area contributed by atoms with Crippen molar-refractivity contribution in [2.24, 2.45) is 7.05 Å². The number of carbonyl (C=O) groups excluding carboxylic acids is 1. The number of hydrogen-bond donors (Lipinski definition) is 0. The summed E-state index contributed by atoms with van der Waals surface area (Å²) in [5.74, 6) is -0.358. The molecule has 2 aromatic heterocycles. The third-order valence-electron chi connectivity index (χ3n) is 3.10. The second-order valence-electron chi connectivity index (χ2n) is 4.58. The van der Waals surface area contributed by atoms with E-state index in [2.05, 4.69) is 5.10 Å². The molecule has 0 radical (unpaired) electrons. The van der Waals surface area contributed by atoms with E-state index in [-0.39, 0.29) is 17.9 Å². The Balaban J connectivity index is 2.49. The van der Waals surface area contributed by atoms with Gasteiger partial charge in [0.2, 0.25) is 0 Å². The van der Waals surface area contributed by atoms with Crippen LogP contribution in [0.15, 0.2) is 28.2 Å². The first kappa shape index (κ1) is 14.0. The molecule has 0 fully saturated rings. The predicted molar refractivity (Wildman–Crippen MR) is 73.0 cm³/mol. The molecule has 0 amide bonds. The Morgan fingerprint density at radius 3 is 2.55 bits per heavy atom. The molecule has 0 aliphatic heterocycles. The lowest BCUT2D eigenvalue weighted by atomic mass is 10.2. The summed E-state index contributed by atoms with van der Waals surface area (Å²) in [4.78, 5) is 35.3. The minimum Gasteiger partial charge on any atom is -0.295 e. The maximum Gasteiger partial charge on any atom is 0.331 e. The quantitative estimate of drug-likeness (QED) is 0.737. The highest BCUT2D eigenvalue weighted by Gasteiger charge is 2.12.